The van der Waals surface area contributed by atoms with Crippen molar-refractivity contribution in [2.24, 2.45) is 5.92 Å². The average Bonchev–Trinajstić information content (AvgIpc) is 2.47. The van der Waals surface area contributed by atoms with E-state index in [1.54, 1.807) is 13.1 Å². The van der Waals surface area contributed by atoms with Crippen LogP contribution in [0.4, 0.5) is 10.5 Å². The van der Waals surface area contributed by atoms with Gasteiger partial charge in [0.15, 0.2) is 0 Å². The molecular weight excluding hydrogens is 278 g/mol. The zero-order chi connectivity index (χ0) is 16.5. The highest BCUT2D eigenvalue weighted by atomic mass is 16.2. The van der Waals surface area contributed by atoms with Crippen LogP contribution >= 0.6 is 0 Å². The number of para-hydroxylation sites is 1. The van der Waals surface area contributed by atoms with E-state index in [1.807, 2.05) is 25.1 Å². The lowest BCUT2D eigenvalue weighted by atomic mass is 10.0. The van der Waals surface area contributed by atoms with E-state index < -0.39 is 0 Å². The first-order chi connectivity index (χ1) is 10.4. The molecule has 0 spiro atoms. The van der Waals surface area contributed by atoms with Gasteiger partial charge in [-0.25, -0.2) is 4.79 Å². The summed E-state index contributed by atoms with van der Waals surface area (Å²) in [4.78, 5) is 23.6. The highest BCUT2D eigenvalue weighted by molar-refractivity contribution is 5.91. The molecule has 122 valence electrons. The molecular formula is C17H27N3O2. The molecule has 0 radical (unpaired) electrons. The zero-order valence-electron chi connectivity index (χ0n) is 13.9. The summed E-state index contributed by atoms with van der Waals surface area (Å²) in [5, 5.41) is 8.34. The van der Waals surface area contributed by atoms with Gasteiger partial charge in [0.25, 0.3) is 0 Å². The van der Waals surface area contributed by atoms with Gasteiger partial charge in [-0.05, 0) is 37.3 Å². The molecule has 3 amide bonds. The van der Waals surface area contributed by atoms with Gasteiger partial charge in [-0.1, -0.05) is 32.0 Å². The molecule has 0 aliphatic rings. The third-order valence-electron chi connectivity index (χ3n) is 3.45. The predicted molar refractivity (Wildman–Crippen MR) is 89.9 cm³/mol. The number of amides is 3. The minimum atomic E-state index is -0.236. The summed E-state index contributed by atoms with van der Waals surface area (Å²) in [6.45, 7) is 6.34. The highest BCUT2D eigenvalue weighted by Crippen LogP contribution is 2.15. The molecule has 0 heterocycles. The van der Waals surface area contributed by atoms with Crippen LogP contribution in [0.5, 0.6) is 0 Å². The molecule has 5 heteroatoms. The molecule has 1 aromatic carbocycles. The zero-order valence-corrected chi connectivity index (χ0v) is 13.9. The van der Waals surface area contributed by atoms with Gasteiger partial charge in [-0.3, -0.25) is 4.79 Å². The Morgan fingerprint density at radius 3 is 2.41 bits per heavy atom. The van der Waals surface area contributed by atoms with E-state index in [1.165, 1.54) is 0 Å². The number of hydrogen-bond acceptors (Lipinski definition) is 2. The Morgan fingerprint density at radius 2 is 1.77 bits per heavy atom. The maximum absolute atomic E-state index is 12.1. The smallest absolute Gasteiger partial charge is 0.319 e. The number of rotatable bonds is 7. The molecule has 0 aliphatic heterocycles. The number of benzene rings is 1. The largest absolute Gasteiger partial charge is 0.359 e. The van der Waals surface area contributed by atoms with Crippen LogP contribution in [-0.2, 0) is 11.2 Å². The molecule has 3 N–H and O–H groups in total. The van der Waals surface area contributed by atoms with Crippen LogP contribution in [0.3, 0.4) is 0 Å². The first kappa shape index (κ1) is 18.0. The van der Waals surface area contributed by atoms with E-state index >= 15 is 0 Å². The van der Waals surface area contributed by atoms with Gasteiger partial charge in [0.05, 0.1) is 6.42 Å². The monoisotopic (exact) mass is 305 g/mol. The third kappa shape index (κ3) is 6.61. The van der Waals surface area contributed by atoms with Crippen molar-refractivity contribution in [1.82, 2.24) is 10.6 Å². The topological polar surface area (TPSA) is 70.2 Å². The van der Waals surface area contributed by atoms with Crippen LogP contribution < -0.4 is 16.0 Å². The second-order valence-corrected chi connectivity index (χ2v) is 5.98. The fraction of sp³-hybridized carbons (Fsp3) is 0.529. The molecule has 0 aromatic heterocycles. The molecule has 22 heavy (non-hydrogen) atoms. The maximum Gasteiger partial charge on any atom is 0.319 e. The van der Waals surface area contributed by atoms with Crippen molar-refractivity contribution in [2.45, 2.75) is 46.1 Å². The average molecular weight is 305 g/mol. The number of hydrogen-bond donors (Lipinski definition) is 3. The van der Waals surface area contributed by atoms with Crippen LogP contribution in [0.25, 0.3) is 0 Å². The van der Waals surface area contributed by atoms with Gasteiger partial charge < -0.3 is 16.0 Å². The molecule has 1 aromatic rings. The molecule has 0 unspecified atom stereocenters. The van der Waals surface area contributed by atoms with Gasteiger partial charge in [0, 0.05) is 18.8 Å². The molecule has 0 saturated carbocycles. The van der Waals surface area contributed by atoms with Crippen LogP contribution in [0.2, 0.25) is 0 Å². The van der Waals surface area contributed by atoms with E-state index in [0.717, 1.165) is 18.4 Å². The summed E-state index contributed by atoms with van der Waals surface area (Å²) < 4.78 is 0. The van der Waals surface area contributed by atoms with Gasteiger partial charge in [-0.2, -0.15) is 0 Å². The molecule has 0 aliphatic carbocycles. The molecule has 5 nitrogen and oxygen atoms in total. The number of carbonyl (C=O) groups excluding carboxylic acids is 2. The number of anilines is 1. The van der Waals surface area contributed by atoms with E-state index in [9.17, 15) is 9.59 Å². The SMILES string of the molecule is CNC(=O)Cc1ccccc1NC(=O)N[C@@H](C)CCC(C)C. The Hall–Kier alpha value is -2.04. The maximum atomic E-state index is 12.1. The quantitative estimate of drug-likeness (QED) is 0.725. The summed E-state index contributed by atoms with van der Waals surface area (Å²) in [6.07, 6.45) is 2.27. The van der Waals surface area contributed by atoms with Gasteiger partial charge in [-0.15, -0.1) is 0 Å². The van der Waals surface area contributed by atoms with Crippen molar-refractivity contribution >= 4 is 17.6 Å². The Kier molecular flexibility index (Phi) is 7.43. The van der Waals surface area contributed by atoms with Crippen LogP contribution in [-0.4, -0.2) is 25.0 Å². The summed E-state index contributed by atoms with van der Waals surface area (Å²) >= 11 is 0. The minimum Gasteiger partial charge on any atom is -0.359 e. The number of nitrogens with one attached hydrogen (secondary N) is 3. The van der Waals surface area contributed by atoms with Crippen molar-refractivity contribution in [2.75, 3.05) is 12.4 Å². The second-order valence-electron chi connectivity index (χ2n) is 5.98. The van der Waals surface area contributed by atoms with Crippen LogP contribution in [0, 0.1) is 5.92 Å². The fourth-order valence-electron chi connectivity index (χ4n) is 2.10. The second kappa shape index (κ2) is 9.07. The molecule has 1 rings (SSSR count). The van der Waals surface area contributed by atoms with Crippen LogP contribution in [0.15, 0.2) is 24.3 Å². The highest BCUT2D eigenvalue weighted by Gasteiger charge is 2.11. The summed E-state index contributed by atoms with van der Waals surface area (Å²) in [7, 11) is 1.60. The number of likely N-dealkylation sites (N-methyl/N-ethyl adjacent to an activating group) is 1. The van der Waals surface area contributed by atoms with Crippen LogP contribution in [0.1, 0.15) is 39.2 Å². The van der Waals surface area contributed by atoms with Gasteiger partial charge in [0.1, 0.15) is 0 Å². The Labute approximate surface area is 132 Å². The Morgan fingerprint density at radius 1 is 1.09 bits per heavy atom. The normalized spacial score (nSPS) is 11.9. The van der Waals surface area contributed by atoms with Crippen molar-refractivity contribution < 1.29 is 9.59 Å². The van der Waals surface area contributed by atoms with E-state index in [2.05, 4.69) is 29.8 Å². The first-order valence-corrected chi connectivity index (χ1v) is 7.78. The summed E-state index contributed by atoms with van der Waals surface area (Å²) in [5.74, 6) is 0.542. The van der Waals surface area contributed by atoms with Crippen molar-refractivity contribution in [1.29, 1.82) is 0 Å². The first-order valence-electron chi connectivity index (χ1n) is 7.78. The van der Waals surface area contributed by atoms with Gasteiger partial charge in [0.2, 0.25) is 5.91 Å². The molecule has 0 fully saturated rings. The van der Waals surface area contributed by atoms with Crippen molar-refractivity contribution in [3.8, 4) is 0 Å². The number of urea groups is 1. The molecule has 0 saturated heterocycles. The summed E-state index contributed by atoms with van der Waals surface area (Å²) in [6, 6.07) is 7.22. The molecule has 0 bridgehead atoms. The minimum absolute atomic E-state index is 0.0834. The summed E-state index contributed by atoms with van der Waals surface area (Å²) in [5.41, 5.74) is 1.46. The van der Waals surface area contributed by atoms with E-state index in [-0.39, 0.29) is 24.4 Å². The van der Waals surface area contributed by atoms with Gasteiger partial charge >= 0.3 is 6.03 Å². The van der Waals surface area contributed by atoms with Crippen molar-refractivity contribution in [3.63, 3.8) is 0 Å². The lowest BCUT2D eigenvalue weighted by Gasteiger charge is -2.17. The van der Waals surface area contributed by atoms with E-state index in [4.69, 9.17) is 0 Å². The Bertz CT molecular complexity index is 500. The lowest BCUT2D eigenvalue weighted by molar-refractivity contribution is -0.119. The van der Waals surface area contributed by atoms with E-state index in [0.29, 0.717) is 11.6 Å². The standard InChI is InChI=1S/C17H27N3O2/c1-12(2)9-10-13(3)19-17(22)20-15-8-6-5-7-14(15)11-16(21)18-4/h5-8,12-13H,9-11H2,1-4H3,(H,18,21)(H2,19,20,22)/t13-/m0/s1. The van der Waals surface area contributed by atoms with Crippen molar-refractivity contribution in [3.05, 3.63) is 29.8 Å². The Balaban J connectivity index is 2.58. The lowest BCUT2D eigenvalue weighted by Crippen LogP contribution is -2.36. The third-order valence-corrected chi connectivity index (χ3v) is 3.45. The number of carbonyl (C=O) groups is 2. The fourth-order valence-corrected chi connectivity index (χ4v) is 2.10. The molecule has 1 atom stereocenters. The predicted octanol–water partition coefficient (Wildman–Crippen LogP) is 2.92.